The Balaban J connectivity index is 1.52. The van der Waals surface area contributed by atoms with Crippen LogP contribution in [0.3, 0.4) is 0 Å². The van der Waals surface area contributed by atoms with E-state index in [0.717, 1.165) is 44.8 Å². The zero-order valence-electron chi connectivity index (χ0n) is 14.7. The highest BCUT2D eigenvalue weighted by Gasteiger charge is 2.31. The topological polar surface area (TPSA) is 60.5 Å². The van der Waals surface area contributed by atoms with Crippen LogP contribution in [-0.2, 0) is 4.79 Å². The normalized spacial score (nSPS) is 25.8. The van der Waals surface area contributed by atoms with Crippen LogP contribution < -0.4 is 15.5 Å². The summed E-state index contributed by atoms with van der Waals surface area (Å²) in [5.41, 5.74) is 0. The lowest BCUT2D eigenvalue weighted by Gasteiger charge is -2.43. The summed E-state index contributed by atoms with van der Waals surface area (Å²) in [5.74, 6) is 1.88. The molecule has 6 nitrogen and oxygen atoms in total. The molecule has 0 aromatic carbocycles. The van der Waals surface area contributed by atoms with E-state index >= 15 is 0 Å². The van der Waals surface area contributed by atoms with Gasteiger partial charge in [0.25, 0.3) is 0 Å². The maximum atomic E-state index is 12.1. The monoisotopic (exact) mass is 331 g/mol. The summed E-state index contributed by atoms with van der Waals surface area (Å²) in [6, 6.07) is 6.31. The lowest BCUT2D eigenvalue weighted by molar-refractivity contribution is -0.127. The van der Waals surface area contributed by atoms with Gasteiger partial charge in [0.2, 0.25) is 5.91 Å². The lowest BCUT2D eigenvalue weighted by atomic mass is 10.00. The zero-order chi connectivity index (χ0) is 16.9. The molecule has 2 aliphatic heterocycles. The first-order chi connectivity index (χ1) is 11.6. The van der Waals surface area contributed by atoms with Gasteiger partial charge in [-0.25, -0.2) is 4.98 Å². The molecule has 1 amide bonds. The van der Waals surface area contributed by atoms with Gasteiger partial charge >= 0.3 is 0 Å². The highest BCUT2D eigenvalue weighted by atomic mass is 16.2. The van der Waals surface area contributed by atoms with Crippen LogP contribution in [-0.4, -0.2) is 54.3 Å². The average Bonchev–Trinajstić information content (AvgIpc) is 2.60. The van der Waals surface area contributed by atoms with E-state index in [1.165, 1.54) is 0 Å². The number of carbonyl (C=O) groups is 1. The molecule has 2 N–H and O–H groups in total. The molecule has 2 unspecified atom stereocenters. The van der Waals surface area contributed by atoms with E-state index in [4.69, 9.17) is 0 Å². The largest absolute Gasteiger partial charge is 0.354 e. The molecule has 0 bridgehead atoms. The number of aromatic nitrogens is 1. The number of hydrogen-bond acceptors (Lipinski definition) is 5. The van der Waals surface area contributed by atoms with E-state index in [2.05, 4.69) is 45.3 Å². The summed E-state index contributed by atoms with van der Waals surface area (Å²) in [6.45, 7) is 8.18. The van der Waals surface area contributed by atoms with Gasteiger partial charge in [0, 0.05) is 44.8 Å². The number of rotatable bonds is 5. The molecule has 0 saturated carbocycles. The molecule has 0 radical (unpaired) electrons. The highest BCUT2D eigenvalue weighted by Crippen LogP contribution is 2.16. The smallest absolute Gasteiger partial charge is 0.223 e. The van der Waals surface area contributed by atoms with Crippen molar-refractivity contribution in [1.82, 2.24) is 20.5 Å². The number of amides is 1. The Bertz CT molecular complexity index is 527. The molecular formula is C18H29N5O. The summed E-state index contributed by atoms with van der Waals surface area (Å²) < 4.78 is 0. The Labute approximate surface area is 144 Å². The van der Waals surface area contributed by atoms with Crippen molar-refractivity contribution in [2.45, 2.75) is 45.4 Å². The summed E-state index contributed by atoms with van der Waals surface area (Å²) in [7, 11) is 0. The number of carbonyl (C=O) groups excluding carboxylic acids is 1. The summed E-state index contributed by atoms with van der Waals surface area (Å²) in [6.07, 6.45) is 4.62. The van der Waals surface area contributed by atoms with Crippen LogP contribution in [0.25, 0.3) is 0 Å². The van der Waals surface area contributed by atoms with Crippen molar-refractivity contribution in [3.8, 4) is 0 Å². The summed E-state index contributed by atoms with van der Waals surface area (Å²) >= 11 is 0. The first-order valence-corrected chi connectivity index (χ1v) is 9.07. The van der Waals surface area contributed by atoms with Crippen LogP contribution >= 0.6 is 0 Å². The van der Waals surface area contributed by atoms with Crippen molar-refractivity contribution in [1.29, 1.82) is 0 Å². The fourth-order valence-corrected chi connectivity index (χ4v) is 3.43. The summed E-state index contributed by atoms with van der Waals surface area (Å²) in [5, 5.41) is 6.72. The lowest BCUT2D eigenvalue weighted by Crippen LogP contribution is -2.66. The molecule has 0 aliphatic carbocycles. The van der Waals surface area contributed by atoms with Crippen LogP contribution in [0.15, 0.2) is 24.4 Å². The SMILES string of the molecule is CC(C)CCC1CC(=O)NC(N2CCN(c3ccccn3)CC2)N1. The first kappa shape index (κ1) is 17.2. The Morgan fingerprint density at radius 1 is 1.25 bits per heavy atom. The standard InChI is InChI=1S/C18H29N5O/c1-14(2)6-7-15-13-17(24)21-18(20-15)23-11-9-22(10-12-23)16-5-3-4-8-19-16/h3-5,8,14-15,18,20H,6-7,9-13H2,1-2H3,(H,21,24). The molecular weight excluding hydrogens is 302 g/mol. The molecule has 0 spiro atoms. The van der Waals surface area contributed by atoms with Gasteiger partial charge in [0.15, 0.2) is 0 Å². The minimum atomic E-state index is -0.0331. The van der Waals surface area contributed by atoms with Gasteiger partial charge in [-0.05, 0) is 30.9 Å². The number of nitrogens with zero attached hydrogens (tertiary/aromatic N) is 3. The van der Waals surface area contributed by atoms with Crippen LogP contribution in [0.1, 0.15) is 33.1 Å². The second-order valence-electron chi connectivity index (χ2n) is 7.22. The van der Waals surface area contributed by atoms with Crippen molar-refractivity contribution in [3.05, 3.63) is 24.4 Å². The third-order valence-electron chi connectivity index (χ3n) is 4.87. The van der Waals surface area contributed by atoms with E-state index in [1.54, 1.807) is 0 Å². The van der Waals surface area contributed by atoms with Crippen LogP contribution in [0.4, 0.5) is 5.82 Å². The van der Waals surface area contributed by atoms with Gasteiger partial charge in [-0.1, -0.05) is 19.9 Å². The molecule has 2 fully saturated rings. The van der Waals surface area contributed by atoms with Gasteiger partial charge in [-0.15, -0.1) is 0 Å². The fraction of sp³-hybridized carbons (Fsp3) is 0.667. The fourth-order valence-electron chi connectivity index (χ4n) is 3.43. The van der Waals surface area contributed by atoms with Crippen molar-refractivity contribution < 1.29 is 4.79 Å². The van der Waals surface area contributed by atoms with Gasteiger partial charge in [-0.2, -0.15) is 0 Å². The third-order valence-corrected chi connectivity index (χ3v) is 4.87. The number of anilines is 1. The van der Waals surface area contributed by atoms with Crippen molar-refractivity contribution in [2.24, 2.45) is 5.92 Å². The van der Waals surface area contributed by atoms with Crippen molar-refractivity contribution in [2.75, 3.05) is 31.1 Å². The van der Waals surface area contributed by atoms with E-state index in [1.807, 2.05) is 18.3 Å². The van der Waals surface area contributed by atoms with E-state index < -0.39 is 0 Å². The molecule has 1 aromatic rings. The third kappa shape index (κ3) is 4.45. The van der Waals surface area contributed by atoms with Crippen LogP contribution in [0.2, 0.25) is 0 Å². The van der Waals surface area contributed by atoms with Crippen LogP contribution in [0.5, 0.6) is 0 Å². The highest BCUT2D eigenvalue weighted by molar-refractivity contribution is 5.77. The van der Waals surface area contributed by atoms with E-state index in [9.17, 15) is 4.79 Å². The van der Waals surface area contributed by atoms with E-state index in [-0.39, 0.29) is 12.2 Å². The minimum Gasteiger partial charge on any atom is -0.354 e. The van der Waals surface area contributed by atoms with Crippen molar-refractivity contribution >= 4 is 11.7 Å². The molecule has 1 aromatic heterocycles. The number of nitrogens with one attached hydrogen (secondary N) is 2. The predicted molar refractivity (Wildman–Crippen MR) is 95.6 cm³/mol. The number of pyridine rings is 1. The number of hydrogen-bond donors (Lipinski definition) is 2. The Kier molecular flexibility index (Phi) is 5.68. The predicted octanol–water partition coefficient (Wildman–Crippen LogP) is 1.40. The van der Waals surface area contributed by atoms with Gasteiger partial charge in [0.1, 0.15) is 12.1 Å². The van der Waals surface area contributed by atoms with Gasteiger partial charge in [-0.3, -0.25) is 15.0 Å². The molecule has 132 valence electrons. The summed E-state index contributed by atoms with van der Waals surface area (Å²) in [4.78, 5) is 21.1. The number of piperazine rings is 1. The molecule has 24 heavy (non-hydrogen) atoms. The Hall–Kier alpha value is -1.66. The molecule has 2 atom stereocenters. The maximum absolute atomic E-state index is 12.1. The van der Waals surface area contributed by atoms with Crippen molar-refractivity contribution in [3.63, 3.8) is 0 Å². The Morgan fingerprint density at radius 2 is 2.04 bits per heavy atom. The minimum absolute atomic E-state index is 0.0331. The molecule has 2 saturated heterocycles. The molecule has 3 heterocycles. The second kappa shape index (κ2) is 7.94. The first-order valence-electron chi connectivity index (χ1n) is 9.07. The van der Waals surface area contributed by atoms with Crippen LogP contribution in [0, 0.1) is 5.92 Å². The van der Waals surface area contributed by atoms with Gasteiger partial charge < -0.3 is 10.2 Å². The molecule has 3 rings (SSSR count). The average molecular weight is 331 g/mol. The quantitative estimate of drug-likeness (QED) is 0.854. The maximum Gasteiger partial charge on any atom is 0.223 e. The van der Waals surface area contributed by atoms with Gasteiger partial charge in [0.05, 0.1) is 0 Å². The second-order valence-corrected chi connectivity index (χ2v) is 7.22. The van der Waals surface area contributed by atoms with E-state index in [0.29, 0.717) is 18.4 Å². The Morgan fingerprint density at radius 3 is 2.71 bits per heavy atom. The molecule has 6 heteroatoms. The molecule has 2 aliphatic rings. The zero-order valence-corrected chi connectivity index (χ0v) is 14.7.